The van der Waals surface area contributed by atoms with E-state index in [2.05, 4.69) is 68.3 Å². The molecule has 4 aliphatic heterocycles. The predicted octanol–water partition coefficient (Wildman–Crippen LogP) is 4.34. The van der Waals surface area contributed by atoms with E-state index in [4.69, 9.17) is 4.74 Å². The summed E-state index contributed by atoms with van der Waals surface area (Å²) < 4.78 is 6.45. The van der Waals surface area contributed by atoms with E-state index in [0.29, 0.717) is 72.4 Å². The number of carbonyl (C=O) groups is 3. The van der Waals surface area contributed by atoms with E-state index >= 15 is 0 Å². The fraction of sp³-hybridized carbons (Fsp3) is 0.486. The molecule has 3 saturated heterocycles. The molecule has 1 atom stereocenters. The fourth-order valence-corrected chi connectivity index (χ4v) is 9.31. The lowest BCUT2D eigenvalue weighted by molar-refractivity contribution is -0.133. The van der Waals surface area contributed by atoms with Crippen LogP contribution in [0.3, 0.4) is 0 Å². The summed E-state index contributed by atoms with van der Waals surface area (Å²) in [6, 6.07) is 11.1. The maximum Gasteiger partial charge on any atom is 0.322 e. The van der Waals surface area contributed by atoms with Crippen LogP contribution in [0.15, 0.2) is 57.9 Å². The Morgan fingerprint density at radius 1 is 0.962 bits per heavy atom. The maximum atomic E-state index is 14.1. The number of hydrogen-bond acceptors (Lipinski definition) is 9. The number of piperidine rings is 2. The molecule has 4 aliphatic rings. The number of phenolic OH excluding ortho intramolecular Hbond substituents is 1. The van der Waals surface area contributed by atoms with Crippen LogP contribution >= 0.6 is 31.9 Å². The van der Waals surface area contributed by atoms with Gasteiger partial charge in [-0.2, -0.15) is 0 Å². The molecule has 14 nitrogen and oxygen atoms in total. The van der Waals surface area contributed by atoms with Crippen LogP contribution in [-0.4, -0.2) is 125 Å². The van der Waals surface area contributed by atoms with Crippen molar-refractivity contribution in [1.29, 1.82) is 0 Å². The van der Waals surface area contributed by atoms with Crippen molar-refractivity contribution in [2.45, 2.75) is 56.8 Å². The van der Waals surface area contributed by atoms with E-state index in [-0.39, 0.29) is 36.2 Å². The number of nitrogens with one attached hydrogen (secondary N) is 2. The normalized spacial score (nSPS) is 19.4. The van der Waals surface area contributed by atoms with Crippen molar-refractivity contribution < 1.29 is 24.2 Å². The molecule has 7 rings (SSSR count). The molecule has 282 valence electrons. The lowest BCUT2D eigenvalue weighted by Crippen LogP contribution is -2.58. The molecule has 53 heavy (non-hydrogen) atoms. The summed E-state index contributed by atoms with van der Waals surface area (Å²) in [5.41, 5.74) is 2.95. The van der Waals surface area contributed by atoms with Gasteiger partial charge in [-0.25, -0.2) is 19.6 Å². The first-order valence-corrected chi connectivity index (χ1v) is 19.8. The SMILES string of the molecule is COc1cncnc1N1CCN(C(=O)[C@@H](Cc2cc(Br)c(O)c(Br)c2)NC(=O)N2CCC(N3CCC(N4C(=O)NCc5ccccc54)CC3)CC2)CC1. The number of benzene rings is 2. The molecule has 16 heteroatoms. The van der Waals surface area contributed by atoms with Gasteiger partial charge >= 0.3 is 12.1 Å². The monoisotopic (exact) mass is 853 g/mol. The molecule has 3 N–H and O–H groups in total. The van der Waals surface area contributed by atoms with Gasteiger partial charge in [-0.1, -0.05) is 18.2 Å². The summed E-state index contributed by atoms with van der Waals surface area (Å²) in [4.78, 5) is 59.4. The minimum Gasteiger partial charge on any atom is -0.506 e. The molecule has 5 heterocycles. The van der Waals surface area contributed by atoms with Gasteiger partial charge in [0.2, 0.25) is 5.91 Å². The molecule has 0 radical (unpaired) electrons. The fourth-order valence-electron chi connectivity index (χ4n) is 8.03. The molecule has 3 aromatic rings. The molecular weight excluding hydrogens is 810 g/mol. The average molecular weight is 856 g/mol. The minimum atomic E-state index is -0.806. The third-order valence-corrected chi connectivity index (χ3v) is 12.1. The topological polar surface area (TPSA) is 147 Å². The van der Waals surface area contributed by atoms with Crippen molar-refractivity contribution in [3.05, 3.63) is 69.0 Å². The van der Waals surface area contributed by atoms with Gasteiger partial charge in [0.05, 0.1) is 27.9 Å². The second kappa shape index (κ2) is 16.5. The summed E-state index contributed by atoms with van der Waals surface area (Å²) in [6.45, 7) is 5.58. The number of nitrogens with zero attached hydrogens (tertiary/aromatic N) is 7. The lowest BCUT2D eigenvalue weighted by Gasteiger charge is -2.45. The molecule has 2 aromatic carbocycles. The Balaban J connectivity index is 0.957. The third kappa shape index (κ3) is 8.19. The molecular formula is C37H45Br2N9O5. The van der Waals surface area contributed by atoms with Gasteiger partial charge in [0.15, 0.2) is 11.6 Å². The second-order valence-corrected chi connectivity index (χ2v) is 15.7. The van der Waals surface area contributed by atoms with Crippen LogP contribution in [0.2, 0.25) is 0 Å². The van der Waals surface area contributed by atoms with Crippen LogP contribution in [0.4, 0.5) is 21.1 Å². The summed E-state index contributed by atoms with van der Waals surface area (Å²) in [6.07, 6.45) is 6.85. The van der Waals surface area contributed by atoms with Gasteiger partial charge in [-0.15, -0.1) is 0 Å². The number of carbonyl (C=O) groups excluding carboxylic acids is 3. The number of aromatic nitrogens is 2. The summed E-state index contributed by atoms with van der Waals surface area (Å²) in [7, 11) is 1.58. The third-order valence-electron chi connectivity index (χ3n) is 10.9. The number of likely N-dealkylation sites (tertiary alicyclic amines) is 2. The number of ether oxygens (including phenoxy) is 1. The number of hydrogen-bond donors (Lipinski definition) is 3. The molecule has 0 bridgehead atoms. The smallest absolute Gasteiger partial charge is 0.322 e. The van der Waals surface area contributed by atoms with Gasteiger partial charge in [0.1, 0.15) is 18.1 Å². The van der Waals surface area contributed by atoms with Crippen LogP contribution in [0.5, 0.6) is 11.5 Å². The standard InChI is InChI=1S/C37H45Br2N9O5/c1-53-32-22-40-23-42-34(32)45-14-16-46(17-15-45)35(50)30(20-24-18-28(38)33(49)29(39)19-24)43-37(52)47-12-6-26(7-13-47)44-10-8-27(9-11-44)48-31-5-3-2-4-25(31)21-41-36(48)51/h2-5,18-19,22-23,26-27,30,49H,6-17,20-21H2,1H3,(H,41,51)(H,43,52)/t30-/m1/s1. The van der Waals surface area contributed by atoms with E-state index < -0.39 is 6.04 Å². The van der Waals surface area contributed by atoms with Crippen molar-refractivity contribution in [1.82, 2.24) is 35.3 Å². The van der Waals surface area contributed by atoms with Gasteiger partial charge in [0.25, 0.3) is 0 Å². The van der Waals surface area contributed by atoms with E-state index in [0.717, 1.165) is 55.6 Å². The lowest BCUT2D eigenvalue weighted by atomic mass is 9.96. The van der Waals surface area contributed by atoms with Gasteiger partial charge < -0.3 is 40.1 Å². The zero-order valence-corrected chi connectivity index (χ0v) is 32.9. The quantitative estimate of drug-likeness (QED) is 0.301. The Morgan fingerprint density at radius 3 is 2.34 bits per heavy atom. The van der Waals surface area contributed by atoms with E-state index in [1.807, 2.05) is 28.0 Å². The first-order chi connectivity index (χ1) is 25.7. The van der Waals surface area contributed by atoms with Crippen molar-refractivity contribution in [2.75, 3.05) is 69.3 Å². The number of phenols is 1. The average Bonchev–Trinajstić information content (AvgIpc) is 3.19. The van der Waals surface area contributed by atoms with E-state index in [9.17, 15) is 19.5 Å². The van der Waals surface area contributed by atoms with Gasteiger partial charge in [-0.05, 0) is 86.9 Å². The van der Waals surface area contributed by atoms with Crippen molar-refractivity contribution in [3.63, 3.8) is 0 Å². The maximum absolute atomic E-state index is 14.1. The van der Waals surface area contributed by atoms with Gasteiger partial charge in [0, 0.05) is 77.4 Å². The number of para-hydroxylation sites is 1. The van der Waals surface area contributed by atoms with Crippen molar-refractivity contribution >= 4 is 61.3 Å². The van der Waals surface area contributed by atoms with Crippen LogP contribution in [0.1, 0.15) is 36.8 Å². The highest BCUT2D eigenvalue weighted by Crippen LogP contribution is 2.34. The van der Waals surface area contributed by atoms with Crippen LogP contribution in [0, 0.1) is 0 Å². The summed E-state index contributed by atoms with van der Waals surface area (Å²) >= 11 is 6.81. The summed E-state index contributed by atoms with van der Waals surface area (Å²) in [5.74, 6) is 1.18. The second-order valence-electron chi connectivity index (χ2n) is 14.0. The number of amides is 5. The number of piperazine rings is 1. The highest BCUT2D eigenvalue weighted by molar-refractivity contribution is 9.11. The number of halogens is 2. The number of fused-ring (bicyclic) bond motifs is 1. The molecule has 0 spiro atoms. The molecule has 1 aromatic heterocycles. The Bertz CT molecular complexity index is 1790. The Labute approximate surface area is 326 Å². The largest absolute Gasteiger partial charge is 0.506 e. The van der Waals surface area contributed by atoms with Crippen LogP contribution in [0.25, 0.3) is 0 Å². The molecule has 3 fully saturated rings. The van der Waals surface area contributed by atoms with E-state index in [1.54, 1.807) is 30.3 Å². The highest BCUT2D eigenvalue weighted by atomic mass is 79.9. The Hall–Kier alpha value is -4.15. The molecule has 5 amide bonds. The van der Waals surface area contributed by atoms with E-state index in [1.165, 1.54) is 6.33 Å². The van der Waals surface area contributed by atoms with Gasteiger partial charge in [-0.3, -0.25) is 9.69 Å². The van der Waals surface area contributed by atoms with Crippen molar-refractivity contribution in [3.8, 4) is 11.5 Å². The van der Waals surface area contributed by atoms with Crippen LogP contribution in [-0.2, 0) is 17.8 Å². The number of rotatable bonds is 8. The zero-order valence-electron chi connectivity index (χ0n) is 29.7. The zero-order chi connectivity index (χ0) is 37.1. The number of urea groups is 2. The number of anilines is 2. The molecule has 0 unspecified atom stereocenters. The van der Waals surface area contributed by atoms with Crippen LogP contribution < -0.4 is 25.2 Å². The Kier molecular flexibility index (Phi) is 11.6. The molecule has 0 saturated carbocycles. The minimum absolute atomic E-state index is 0.0193. The number of aromatic hydroxyl groups is 1. The first kappa shape index (κ1) is 37.2. The highest BCUT2D eigenvalue weighted by Gasteiger charge is 2.37. The number of methoxy groups -OCH3 is 1. The first-order valence-electron chi connectivity index (χ1n) is 18.2. The Morgan fingerprint density at radius 2 is 1.64 bits per heavy atom. The summed E-state index contributed by atoms with van der Waals surface area (Å²) in [5, 5.41) is 16.4. The predicted molar refractivity (Wildman–Crippen MR) is 207 cm³/mol. The molecule has 0 aliphatic carbocycles. The van der Waals surface area contributed by atoms with Crippen molar-refractivity contribution in [2.24, 2.45) is 0 Å².